The molecule has 1 aromatic heterocycles. The Labute approximate surface area is 107 Å². The second-order valence-corrected chi connectivity index (χ2v) is 4.18. The molecule has 0 aliphatic heterocycles. The minimum atomic E-state index is 0.577. The smallest absolute Gasteiger partial charge is 0.148 e. The summed E-state index contributed by atoms with van der Waals surface area (Å²) in [6.07, 6.45) is 1.97. The zero-order chi connectivity index (χ0) is 13.1. The minimum Gasteiger partial charge on any atom is -0.497 e. The summed E-state index contributed by atoms with van der Waals surface area (Å²) in [5.41, 5.74) is 7.81. The van der Waals surface area contributed by atoms with Crippen LogP contribution in [0.25, 0.3) is 10.9 Å². The topological polar surface area (TPSA) is 57.4 Å². The van der Waals surface area contributed by atoms with Crippen molar-refractivity contribution >= 4 is 16.7 Å². The van der Waals surface area contributed by atoms with E-state index in [0.29, 0.717) is 11.6 Å². The lowest BCUT2D eigenvalue weighted by molar-refractivity contribution is 0.397. The summed E-state index contributed by atoms with van der Waals surface area (Å²) in [6.45, 7) is 2.12. The van der Waals surface area contributed by atoms with Crippen molar-refractivity contribution in [1.29, 1.82) is 0 Å². The van der Waals surface area contributed by atoms with Gasteiger partial charge < -0.3 is 15.2 Å². The largest absolute Gasteiger partial charge is 0.497 e. The van der Waals surface area contributed by atoms with Crippen LogP contribution >= 0.6 is 0 Å². The number of fused-ring (bicyclic) bond motifs is 1. The van der Waals surface area contributed by atoms with Crippen LogP contribution in [0.2, 0.25) is 0 Å². The van der Waals surface area contributed by atoms with Gasteiger partial charge in [0.25, 0.3) is 0 Å². The van der Waals surface area contributed by atoms with E-state index in [-0.39, 0.29) is 0 Å². The first-order valence-corrected chi connectivity index (χ1v) is 6.00. The summed E-state index contributed by atoms with van der Waals surface area (Å²) in [5.74, 6) is 2.01. The van der Waals surface area contributed by atoms with Crippen LogP contribution in [-0.2, 0) is 6.42 Å². The molecule has 1 heterocycles. The number of ether oxygens (including phenoxy) is 2. The highest BCUT2D eigenvalue weighted by Gasteiger charge is 2.10. The number of aromatic nitrogens is 1. The SMILES string of the molecule is CCCc1cc2cc(OC)cc(OC)c2nc1N. The molecule has 0 aliphatic rings. The Bertz CT molecular complexity index is 567. The predicted octanol–water partition coefficient (Wildman–Crippen LogP) is 2.79. The van der Waals surface area contributed by atoms with Crippen molar-refractivity contribution < 1.29 is 9.47 Å². The lowest BCUT2D eigenvalue weighted by Gasteiger charge is -2.11. The predicted molar refractivity (Wildman–Crippen MR) is 73.3 cm³/mol. The number of hydrogen-bond donors (Lipinski definition) is 1. The molecule has 2 N–H and O–H groups in total. The number of nitrogens with zero attached hydrogens (tertiary/aromatic N) is 1. The molecule has 0 amide bonds. The average Bonchev–Trinajstić information content (AvgIpc) is 2.39. The maximum atomic E-state index is 5.97. The van der Waals surface area contributed by atoms with E-state index in [0.717, 1.165) is 35.1 Å². The fraction of sp³-hybridized carbons (Fsp3) is 0.357. The minimum absolute atomic E-state index is 0.577. The van der Waals surface area contributed by atoms with Crippen LogP contribution in [0.3, 0.4) is 0 Å². The maximum absolute atomic E-state index is 5.97. The molecular weight excluding hydrogens is 228 g/mol. The van der Waals surface area contributed by atoms with Crippen LogP contribution in [0.4, 0.5) is 5.82 Å². The molecule has 18 heavy (non-hydrogen) atoms. The zero-order valence-electron chi connectivity index (χ0n) is 11.0. The van der Waals surface area contributed by atoms with E-state index in [4.69, 9.17) is 15.2 Å². The Morgan fingerprint density at radius 2 is 1.94 bits per heavy atom. The molecule has 1 aromatic carbocycles. The number of anilines is 1. The molecule has 0 radical (unpaired) electrons. The third-order valence-corrected chi connectivity index (χ3v) is 2.94. The Balaban J connectivity index is 2.67. The highest BCUT2D eigenvalue weighted by atomic mass is 16.5. The Hall–Kier alpha value is -1.97. The van der Waals surface area contributed by atoms with Crippen molar-refractivity contribution in [3.05, 3.63) is 23.8 Å². The Morgan fingerprint density at radius 3 is 2.56 bits per heavy atom. The maximum Gasteiger partial charge on any atom is 0.148 e. The van der Waals surface area contributed by atoms with Gasteiger partial charge in [0.05, 0.1) is 14.2 Å². The van der Waals surface area contributed by atoms with Crippen molar-refractivity contribution in [3.8, 4) is 11.5 Å². The molecule has 0 unspecified atom stereocenters. The van der Waals surface area contributed by atoms with Crippen molar-refractivity contribution in [1.82, 2.24) is 4.98 Å². The van der Waals surface area contributed by atoms with Gasteiger partial charge in [0, 0.05) is 11.5 Å². The number of hydrogen-bond acceptors (Lipinski definition) is 4. The first-order valence-electron chi connectivity index (χ1n) is 6.00. The third kappa shape index (κ3) is 2.18. The number of benzene rings is 1. The van der Waals surface area contributed by atoms with E-state index in [2.05, 4.69) is 18.0 Å². The molecule has 4 heteroatoms. The molecule has 2 rings (SSSR count). The molecule has 0 fully saturated rings. The third-order valence-electron chi connectivity index (χ3n) is 2.94. The first kappa shape index (κ1) is 12.5. The van der Waals surface area contributed by atoms with E-state index in [9.17, 15) is 0 Å². The monoisotopic (exact) mass is 246 g/mol. The van der Waals surface area contributed by atoms with Crippen molar-refractivity contribution in [3.63, 3.8) is 0 Å². The summed E-state index contributed by atoms with van der Waals surface area (Å²) in [6, 6.07) is 5.82. The molecule has 0 atom stereocenters. The molecule has 0 aliphatic carbocycles. The van der Waals surface area contributed by atoms with E-state index in [1.165, 1.54) is 0 Å². The van der Waals surface area contributed by atoms with Gasteiger partial charge in [-0.15, -0.1) is 0 Å². The highest BCUT2D eigenvalue weighted by molar-refractivity contribution is 5.88. The van der Waals surface area contributed by atoms with Gasteiger partial charge in [0.2, 0.25) is 0 Å². The summed E-state index contributed by atoms with van der Waals surface area (Å²) in [5, 5.41) is 0.990. The van der Waals surface area contributed by atoms with Crippen LogP contribution in [0.5, 0.6) is 11.5 Å². The van der Waals surface area contributed by atoms with Gasteiger partial charge in [-0.1, -0.05) is 13.3 Å². The Morgan fingerprint density at radius 1 is 1.17 bits per heavy atom. The van der Waals surface area contributed by atoms with Gasteiger partial charge in [-0.2, -0.15) is 0 Å². The van der Waals surface area contributed by atoms with E-state index < -0.39 is 0 Å². The average molecular weight is 246 g/mol. The standard InChI is InChI=1S/C14H18N2O2/c1-4-5-9-6-10-7-11(17-2)8-12(18-3)13(10)16-14(9)15/h6-8H,4-5H2,1-3H3,(H2,15,16). The van der Waals surface area contributed by atoms with Gasteiger partial charge in [-0.3, -0.25) is 0 Å². The van der Waals surface area contributed by atoms with Gasteiger partial charge in [-0.05, 0) is 24.1 Å². The highest BCUT2D eigenvalue weighted by Crippen LogP contribution is 2.31. The number of rotatable bonds is 4. The first-order chi connectivity index (χ1) is 8.69. The van der Waals surface area contributed by atoms with Crippen LogP contribution in [0.1, 0.15) is 18.9 Å². The molecule has 96 valence electrons. The van der Waals surface area contributed by atoms with Gasteiger partial charge in [0.1, 0.15) is 22.8 Å². The van der Waals surface area contributed by atoms with Crippen molar-refractivity contribution in [2.24, 2.45) is 0 Å². The molecule has 0 saturated heterocycles. The second kappa shape index (κ2) is 5.12. The normalized spacial score (nSPS) is 10.6. The fourth-order valence-corrected chi connectivity index (χ4v) is 2.03. The van der Waals surface area contributed by atoms with E-state index in [1.807, 2.05) is 12.1 Å². The summed E-state index contributed by atoms with van der Waals surface area (Å²) < 4.78 is 10.6. The fourth-order valence-electron chi connectivity index (χ4n) is 2.03. The quantitative estimate of drug-likeness (QED) is 0.901. The van der Waals surface area contributed by atoms with Gasteiger partial charge in [0.15, 0.2) is 0 Å². The van der Waals surface area contributed by atoms with E-state index >= 15 is 0 Å². The zero-order valence-corrected chi connectivity index (χ0v) is 11.0. The molecule has 0 saturated carbocycles. The van der Waals surface area contributed by atoms with Crippen molar-refractivity contribution in [2.45, 2.75) is 19.8 Å². The van der Waals surface area contributed by atoms with Crippen LogP contribution < -0.4 is 15.2 Å². The summed E-state index contributed by atoms with van der Waals surface area (Å²) >= 11 is 0. The molecule has 2 aromatic rings. The summed E-state index contributed by atoms with van der Waals surface area (Å²) in [7, 11) is 3.25. The molecule has 4 nitrogen and oxygen atoms in total. The Kier molecular flexibility index (Phi) is 3.55. The molecular formula is C14H18N2O2. The summed E-state index contributed by atoms with van der Waals surface area (Å²) in [4.78, 5) is 4.44. The van der Waals surface area contributed by atoms with Crippen LogP contribution in [0.15, 0.2) is 18.2 Å². The molecule has 0 spiro atoms. The number of nitrogen functional groups attached to an aromatic ring is 1. The van der Waals surface area contributed by atoms with E-state index in [1.54, 1.807) is 14.2 Å². The molecule has 0 bridgehead atoms. The number of nitrogens with two attached hydrogens (primary N) is 1. The lowest BCUT2D eigenvalue weighted by Crippen LogP contribution is -2.00. The number of methoxy groups -OCH3 is 2. The number of aryl methyl sites for hydroxylation is 1. The lowest BCUT2D eigenvalue weighted by atomic mass is 10.1. The number of pyridine rings is 1. The van der Waals surface area contributed by atoms with Crippen molar-refractivity contribution in [2.75, 3.05) is 20.0 Å². The van der Waals surface area contributed by atoms with Crippen LogP contribution in [0, 0.1) is 0 Å². The second-order valence-electron chi connectivity index (χ2n) is 4.18. The van der Waals surface area contributed by atoms with Gasteiger partial charge >= 0.3 is 0 Å². The van der Waals surface area contributed by atoms with Crippen LogP contribution in [-0.4, -0.2) is 19.2 Å². The van der Waals surface area contributed by atoms with Gasteiger partial charge in [-0.25, -0.2) is 4.98 Å².